The number of fused-ring (bicyclic) bond motifs is 1. The minimum atomic E-state index is 0. The van der Waals surface area contributed by atoms with Crippen molar-refractivity contribution in [2.24, 2.45) is 18.7 Å². The number of imidazole rings is 1. The van der Waals surface area contributed by atoms with E-state index in [2.05, 4.69) is 25.5 Å². The van der Waals surface area contributed by atoms with Crippen LogP contribution in [-0.2, 0) is 24.8 Å². The first-order valence-corrected chi connectivity index (χ1v) is 8.55. The molecule has 2 aliphatic rings. The van der Waals surface area contributed by atoms with Crippen molar-refractivity contribution in [2.75, 3.05) is 6.54 Å². The van der Waals surface area contributed by atoms with Crippen LogP contribution in [0, 0.1) is 5.92 Å². The van der Waals surface area contributed by atoms with Gasteiger partial charge in [0.1, 0.15) is 5.82 Å². The Kier molecular flexibility index (Phi) is 7.57. The summed E-state index contributed by atoms with van der Waals surface area (Å²) >= 11 is 0. The van der Waals surface area contributed by atoms with Crippen LogP contribution < -0.4 is 5.73 Å². The molecule has 5 nitrogen and oxygen atoms in total. The molecule has 0 aromatic carbocycles. The number of amides is 1. The molecule has 1 fully saturated rings. The van der Waals surface area contributed by atoms with Crippen molar-refractivity contribution in [1.82, 2.24) is 14.5 Å². The van der Waals surface area contributed by atoms with Crippen LogP contribution in [0.2, 0.25) is 0 Å². The standard InChI is InChI=1S/C17H28N4O.2ClH/c1-11(2)17-19-14-10-21(8-7-15(14)20(17)3)16(22)9-12-5-4-6-13(12)18;;/h11-13H,4-10,18H2,1-3H3;2*1H/t12-,13+;;/m0../s1. The number of aromatic nitrogens is 2. The van der Waals surface area contributed by atoms with Crippen molar-refractivity contribution in [2.45, 2.75) is 64.5 Å². The summed E-state index contributed by atoms with van der Waals surface area (Å²) < 4.78 is 2.22. The second kappa shape index (κ2) is 8.54. The lowest BCUT2D eigenvalue weighted by atomic mass is 9.99. The van der Waals surface area contributed by atoms with Crippen LogP contribution in [0.5, 0.6) is 0 Å². The Morgan fingerprint density at radius 2 is 2.04 bits per heavy atom. The fourth-order valence-electron chi connectivity index (χ4n) is 3.95. The van der Waals surface area contributed by atoms with Crippen molar-refractivity contribution < 1.29 is 4.79 Å². The molecule has 7 heteroatoms. The van der Waals surface area contributed by atoms with Crippen LogP contribution >= 0.6 is 24.8 Å². The summed E-state index contributed by atoms with van der Waals surface area (Å²) in [5, 5.41) is 0. The predicted molar refractivity (Wildman–Crippen MR) is 101 cm³/mol. The van der Waals surface area contributed by atoms with E-state index in [1.807, 2.05) is 4.90 Å². The average Bonchev–Trinajstić information content (AvgIpc) is 3.03. The average molecular weight is 377 g/mol. The highest BCUT2D eigenvalue weighted by Gasteiger charge is 2.30. The summed E-state index contributed by atoms with van der Waals surface area (Å²) in [5.41, 5.74) is 8.48. The van der Waals surface area contributed by atoms with Gasteiger partial charge in [0, 0.05) is 44.1 Å². The third-order valence-corrected chi connectivity index (χ3v) is 5.31. The molecule has 1 aliphatic heterocycles. The van der Waals surface area contributed by atoms with Gasteiger partial charge < -0.3 is 15.2 Å². The number of carbonyl (C=O) groups excluding carboxylic acids is 1. The van der Waals surface area contributed by atoms with E-state index in [0.29, 0.717) is 24.8 Å². The summed E-state index contributed by atoms with van der Waals surface area (Å²) in [6.07, 6.45) is 4.86. The highest BCUT2D eigenvalue weighted by atomic mass is 35.5. The summed E-state index contributed by atoms with van der Waals surface area (Å²) in [6.45, 7) is 5.80. The lowest BCUT2D eigenvalue weighted by Crippen LogP contribution is -2.38. The molecular weight excluding hydrogens is 347 g/mol. The number of nitrogens with two attached hydrogens (primary N) is 1. The summed E-state index contributed by atoms with van der Waals surface area (Å²) in [7, 11) is 2.09. The zero-order chi connectivity index (χ0) is 15.9. The Morgan fingerprint density at radius 3 is 2.62 bits per heavy atom. The maximum absolute atomic E-state index is 12.6. The van der Waals surface area contributed by atoms with Crippen LogP contribution in [-0.4, -0.2) is 32.9 Å². The van der Waals surface area contributed by atoms with Crippen LogP contribution in [0.3, 0.4) is 0 Å². The molecule has 2 N–H and O–H groups in total. The van der Waals surface area contributed by atoms with Gasteiger partial charge in [0.05, 0.1) is 12.2 Å². The number of halogens is 2. The van der Waals surface area contributed by atoms with Crippen LogP contribution in [0.1, 0.15) is 62.7 Å². The SMILES string of the molecule is CC(C)c1nc2c(n1C)CCN(C(=O)C[C@@H]1CCC[C@H]1N)C2.Cl.Cl. The molecule has 3 rings (SSSR count). The minimum Gasteiger partial charge on any atom is -0.336 e. The quantitative estimate of drug-likeness (QED) is 0.881. The lowest BCUT2D eigenvalue weighted by Gasteiger charge is -2.28. The largest absolute Gasteiger partial charge is 0.336 e. The maximum Gasteiger partial charge on any atom is 0.223 e. The number of nitrogens with zero attached hydrogens (tertiary/aromatic N) is 3. The van der Waals surface area contributed by atoms with E-state index in [1.54, 1.807) is 0 Å². The van der Waals surface area contributed by atoms with Gasteiger partial charge in [-0.05, 0) is 18.8 Å². The first kappa shape index (κ1) is 21.3. The fraction of sp³-hybridized carbons (Fsp3) is 0.765. The van der Waals surface area contributed by atoms with E-state index in [4.69, 9.17) is 10.7 Å². The Hall–Kier alpha value is -0.780. The van der Waals surface area contributed by atoms with Gasteiger partial charge in [-0.1, -0.05) is 20.3 Å². The molecule has 0 radical (unpaired) electrons. The van der Waals surface area contributed by atoms with E-state index in [0.717, 1.165) is 37.3 Å². The van der Waals surface area contributed by atoms with Gasteiger partial charge >= 0.3 is 0 Å². The van der Waals surface area contributed by atoms with Crippen LogP contribution in [0.25, 0.3) is 0 Å². The monoisotopic (exact) mass is 376 g/mol. The van der Waals surface area contributed by atoms with Gasteiger partial charge in [0.15, 0.2) is 0 Å². The topological polar surface area (TPSA) is 64.2 Å². The van der Waals surface area contributed by atoms with Crippen molar-refractivity contribution >= 4 is 30.7 Å². The molecule has 1 saturated carbocycles. The van der Waals surface area contributed by atoms with Gasteiger partial charge in [-0.25, -0.2) is 4.98 Å². The van der Waals surface area contributed by atoms with Gasteiger partial charge in [-0.3, -0.25) is 4.79 Å². The molecule has 0 spiro atoms. The number of rotatable bonds is 3. The molecule has 1 aromatic rings. The fourth-order valence-corrected chi connectivity index (χ4v) is 3.95. The van der Waals surface area contributed by atoms with E-state index >= 15 is 0 Å². The second-order valence-corrected chi connectivity index (χ2v) is 7.20. The first-order valence-electron chi connectivity index (χ1n) is 8.55. The van der Waals surface area contributed by atoms with Crippen molar-refractivity contribution in [1.29, 1.82) is 0 Å². The second-order valence-electron chi connectivity index (χ2n) is 7.20. The molecule has 24 heavy (non-hydrogen) atoms. The first-order chi connectivity index (χ1) is 10.5. The Balaban J connectivity index is 0.00000144. The summed E-state index contributed by atoms with van der Waals surface area (Å²) in [6, 6.07) is 0.215. The number of carbonyl (C=O) groups is 1. The third kappa shape index (κ3) is 4.06. The molecule has 1 amide bonds. The summed E-state index contributed by atoms with van der Waals surface area (Å²) in [4.78, 5) is 19.3. The molecule has 1 aliphatic carbocycles. The van der Waals surface area contributed by atoms with Crippen molar-refractivity contribution in [3.05, 3.63) is 17.2 Å². The molecule has 138 valence electrons. The normalized spacial score (nSPS) is 22.8. The number of hydrogen-bond donors (Lipinski definition) is 1. The molecular formula is C17H30Cl2N4O. The predicted octanol–water partition coefficient (Wildman–Crippen LogP) is 2.79. The Bertz CT molecular complexity index is 573. The Morgan fingerprint density at radius 1 is 1.33 bits per heavy atom. The third-order valence-electron chi connectivity index (χ3n) is 5.31. The van der Waals surface area contributed by atoms with E-state index in [-0.39, 0.29) is 36.8 Å². The van der Waals surface area contributed by atoms with Gasteiger partial charge in [-0.2, -0.15) is 0 Å². The lowest BCUT2D eigenvalue weighted by molar-refractivity contribution is -0.133. The van der Waals surface area contributed by atoms with E-state index < -0.39 is 0 Å². The zero-order valence-corrected chi connectivity index (χ0v) is 16.5. The highest BCUT2D eigenvalue weighted by Crippen LogP contribution is 2.29. The van der Waals surface area contributed by atoms with Gasteiger partial charge in [0.25, 0.3) is 0 Å². The number of hydrogen-bond acceptors (Lipinski definition) is 3. The molecule has 2 atom stereocenters. The molecule has 0 saturated heterocycles. The minimum absolute atomic E-state index is 0. The molecule has 0 unspecified atom stereocenters. The van der Waals surface area contributed by atoms with E-state index in [9.17, 15) is 4.79 Å². The smallest absolute Gasteiger partial charge is 0.223 e. The summed E-state index contributed by atoms with van der Waals surface area (Å²) in [5.74, 6) is 2.17. The van der Waals surface area contributed by atoms with Gasteiger partial charge in [0.2, 0.25) is 5.91 Å². The highest BCUT2D eigenvalue weighted by molar-refractivity contribution is 5.85. The van der Waals surface area contributed by atoms with Crippen molar-refractivity contribution in [3.63, 3.8) is 0 Å². The molecule has 0 bridgehead atoms. The van der Waals surface area contributed by atoms with Crippen LogP contribution in [0.15, 0.2) is 0 Å². The molecule has 1 aromatic heterocycles. The molecule has 2 heterocycles. The Labute approximate surface area is 157 Å². The van der Waals surface area contributed by atoms with Crippen molar-refractivity contribution in [3.8, 4) is 0 Å². The van der Waals surface area contributed by atoms with Gasteiger partial charge in [-0.15, -0.1) is 24.8 Å². The van der Waals surface area contributed by atoms with Crippen LogP contribution in [0.4, 0.5) is 0 Å². The zero-order valence-electron chi connectivity index (χ0n) is 14.8. The maximum atomic E-state index is 12.6. The van der Waals surface area contributed by atoms with E-state index in [1.165, 1.54) is 12.1 Å².